The fourth-order valence-corrected chi connectivity index (χ4v) is 1.70. The van der Waals surface area contributed by atoms with Gasteiger partial charge in [-0.25, -0.2) is 0 Å². The summed E-state index contributed by atoms with van der Waals surface area (Å²) < 4.78 is 11.0. The number of rotatable bonds is 11. The van der Waals surface area contributed by atoms with E-state index in [1.54, 1.807) is 0 Å². The van der Waals surface area contributed by atoms with Gasteiger partial charge in [0.2, 0.25) is 0 Å². The van der Waals surface area contributed by atoms with Crippen LogP contribution in [0.1, 0.15) is 25.8 Å². The average Bonchev–Trinajstić information content (AvgIpc) is 2.44. The molecule has 1 rings (SSSR count). The van der Waals surface area contributed by atoms with Crippen molar-refractivity contribution in [1.29, 1.82) is 0 Å². The molecular weight excluding hydrogens is 250 g/mol. The second kappa shape index (κ2) is 10.5. The van der Waals surface area contributed by atoms with Crippen LogP contribution in [0.5, 0.6) is 5.75 Å². The molecule has 0 radical (unpaired) electrons. The van der Waals surface area contributed by atoms with E-state index in [4.69, 9.17) is 9.47 Å². The standard InChI is InChI=1S/C17H27NO2/c1-4-5-10-19-11-12-20-17-8-6-16(7-9-17)14-18-13-15(2)3/h4,6-9,15,18H,1,5,10-14H2,2-3H3. The predicted molar refractivity (Wildman–Crippen MR) is 84.1 cm³/mol. The Morgan fingerprint density at radius 3 is 2.55 bits per heavy atom. The summed E-state index contributed by atoms with van der Waals surface area (Å²) in [6, 6.07) is 8.22. The molecule has 0 atom stereocenters. The molecule has 0 aliphatic heterocycles. The molecule has 0 heterocycles. The van der Waals surface area contributed by atoms with Gasteiger partial charge in [-0.3, -0.25) is 0 Å². The number of benzene rings is 1. The number of ether oxygens (including phenoxy) is 2. The summed E-state index contributed by atoms with van der Waals surface area (Å²) in [5.74, 6) is 1.57. The molecule has 3 heteroatoms. The summed E-state index contributed by atoms with van der Waals surface area (Å²) in [4.78, 5) is 0. The molecule has 0 bridgehead atoms. The van der Waals surface area contributed by atoms with Crippen molar-refractivity contribution in [3.05, 3.63) is 42.5 Å². The van der Waals surface area contributed by atoms with Gasteiger partial charge in [0.25, 0.3) is 0 Å². The second-order valence-electron chi connectivity index (χ2n) is 5.21. The Kier molecular flexibility index (Phi) is 8.76. The molecule has 0 aromatic heterocycles. The molecule has 0 saturated heterocycles. The van der Waals surface area contributed by atoms with Crippen molar-refractivity contribution >= 4 is 0 Å². The Morgan fingerprint density at radius 1 is 1.15 bits per heavy atom. The third-order valence-corrected chi connectivity index (χ3v) is 2.77. The highest BCUT2D eigenvalue weighted by molar-refractivity contribution is 5.27. The lowest BCUT2D eigenvalue weighted by molar-refractivity contribution is 0.103. The highest BCUT2D eigenvalue weighted by atomic mass is 16.5. The molecular formula is C17H27NO2. The van der Waals surface area contributed by atoms with Crippen molar-refractivity contribution in [1.82, 2.24) is 5.32 Å². The molecule has 1 aromatic carbocycles. The van der Waals surface area contributed by atoms with Gasteiger partial charge in [0.05, 0.1) is 13.2 Å². The topological polar surface area (TPSA) is 30.5 Å². The molecule has 0 amide bonds. The first kappa shape index (κ1) is 16.7. The molecule has 3 nitrogen and oxygen atoms in total. The van der Waals surface area contributed by atoms with Crippen molar-refractivity contribution in [2.45, 2.75) is 26.8 Å². The van der Waals surface area contributed by atoms with Gasteiger partial charge in [-0.2, -0.15) is 0 Å². The fourth-order valence-electron chi connectivity index (χ4n) is 1.70. The van der Waals surface area contributed by atoms with Crippen LogP contribution >= 0.6 is 0 Å². The summed E-state index contributed by atoms with van der Waals surface area (Å²) in [6.45, 7) is 11.9. The predicted octanol–water partition coefficient (Wildman–Crippen LogP) is 3.40. The van der Waals surface area contributed by atoms with Crippen molar-refractivity contribution in [2.24, 2.45) is 5.92 Å². The third-order valence-electron chi connectivity index (χ3n) is 2.77. The molecule has 0 unspecified atom stereocenters. The van der Waals surface area contributed by atoms with Gasteiger partial charge < -0.3 is 14.8 Å². The first-order chi connectivity index (χ1) is 9.72. The Morgan fingerprint density at radius 2 is 1.90 bits per heavy atom. The van der Waals surface area contributed by atoms with E-state index >= 15 is 0 Å². The lowest BCUT2D eigenvalue weighted by Crippen LogP contribution is -2.18. The van der Waals surface area contributed by atoms with Gasteiger partial charge >= 0.3 is 0 Å². The minimum atomic E-state index is 0.585. The molecule has 0 spiro atoms. The van der Waals surface area contributed by atoms with E-state index in [-0.39, 0.29) is 0 Å². The Balaban J connectivity index is 2.16. The molecule has 1 N–H and O–H groups in total. The molecule has 0 aliphatic rings. The Bertz CT molecular complexity index is 360. The van der Waals surface area contributed by atoms with Crippen LogP contribution in [0, 0.1) is 5.92 Å². The molecule has 1 aromatic rings. The first-order valence-corrected chi connectivity index (χ1v) is 7.33. The molecule has 0 saturated carbocycles. The van der Waals surface area contributed by atoms with E-state index < -0.39 is 0 Å². The maximum atomic E-state index is 5.61. The van der Waals surface area contributed by atoms with E-state index in [2.05, 4.69) is 37.9 Å². The minimum absolute atomic E-state index is 0.585. The van der Waals surface area contributed by atoms with Gasteiger partial charge in [0.15, 0.2) is 0 Å². The first-order valence-electron chi connectivity index (χ1n) is 7.33. The van der Waals surface area contributed by atoms with Crippen LogP contribution in [-0.4, -0.2) is 26.4 Å². The fraction of sp³-hybridized carbons (Fsp3) is 0.529. The summed E-state index contributed by atoms with van der Waals surface area (Å²) >= 11 is 0. The summed E-state index contributed by atoms with van der Waals surface area (Å²) in [7, 11) is 0. The number of nitrogens with one attached hydrogen (secondary N) is 1. The van der Waals surface area contributed by atoms with E-state index in [9.17, 15) is 0 Å². The van der Waals surface area contributed by atoms with Crippen LogP contribution in [0.25, 0.3) is 0 Å². The number of hydrogen-bond acceptors (Lipinski definition) is 3. The summed E-state index contributed by atoms with van der Waals surface area (Å²) in [5.41, 5.74) is 1.28. The average molecular weight is 277 g/mol. The van der Waals surface area contributed by atoms with Gasteiger partial charge in [-0.1, -0.05) is 32.1 Å². The zero-order valence-electron chi connectivity index (χ0n) is 12.7. The highest BCUT2D eigenvalue weighted by Gasteiger charge is 1.97. The van der Waals surface area contributed by atoms with Gasteiger partial charge in [-0.15, -0.1) is 6.58 Å². The normalized spacial score (nSPS) is 10.8. The van der Waals surface area contributed by atoms with Crippen molar-refractivity contribution < 1.29 is 9.47 Å². The van der Waals surface area contributed by atoms with Crippen LogP contribution in [0.3, 0.4) is 0 Å². The van der Waals surface area contributed by atoms with Gasteiger partial charge in [0.1, 0.15) is 12.4 Å². The lowest BCUT2D eigenvalue weighted by Gasteiger charge is -2.09. The van der Waals surface area contributed by atoms with Gasteiger partial charge in [0, 0.05) is 6.54 Å². The largest absolute Gasteiger partial charge is 0.491 e. The van der Waals surface area contributed by atoms with E-state index in [0.29, 0.717) is 25.7 Å². The lowest BCUT2D eigenvalue weighted by atomic mass is 10.2. The van der Waals surface area contributed by atoms with Crippen LogP contribution in [0.4, 0.5) is 0 Å². The van der Waals surface area contributed by atoms with E-state index in [1.807, 2.05) is 18.2 Å². The van der Waals surface area contributed by atoms with Crippen LogP contribution < -0.4 is 10.1 Å². The van der Waals surface area contributed by atoms with Crippen molar-refractivity contribution in [3.63, 3.8) is 0 Å². The van der Waals surface area contributed by atoms with Gasteiger partial charge in [-0.05, 0) is 36.6 Å². The van der Waals surface area contributed by atoms with Crippen LogP contribution in [-0.2, 0) is 11.3 Å². The maximum absolute atomic E-state index is 5.61. The van der Waals surface area contributed by atoms with Crippen molar-refractivity contribution in [2.75, 3.05) is 26.4 Å². The van der Waals surface area contributed by atoms with Crippen molar-refractivity contribution in [3.8, 4) is 5.75 Å². The molecule has 0 aliphatic carbocycles. The van der Waals surface area contributed by atoms with E-state index in [1.165, 1.54) is 5.56 Å². The zero-order valence-corrected chi connectivity index (χ0v) is 12.7. The molecule has 20 heavy (non-hydrogen) atoms. The highest BCUT2D eigenvalue weighted by Crippen LogP contribution is 2.12. The maximum Gasteiger partial charge on any atom is 0.119 e. The smallest absolute Gasteiger partial charge is 0.119 e. The summed E-state index contributed by atoms with van der Waals surface area (Å²) in [5, 5.41) is 3.42. The monoisotopic (exact) mass is 277 g/mol. The summed E-state index contributed by atoms with van der Waals surface area (Å²) in [6.07, 6.45) is 2.74. The van der Waals surface area contributed by atoms with Crippen LogP contribution in [0.2, 0.25) is 0 Å². The second-order valence-corrected chi connectivity index (χ2v) is 5.21. The Labute approximate surface area is 123 Å². The van der Waals surface area contributed by atoms with Crippen LogP contribution in [0.15, 0.2) is 36.9 Å². The zero-order chi connectivity index (χ0) is 14.6. The minimum Gasteiger partial charge on any atom is -0.491 e. The third kappa shape index (κ3) is 7.97. The molecule has 0 fully saturated rings. The molecule has 112 valence electrons. The quantitative estimate of drug-likeness (QED) is 0.497. The van der Waals surface area contributed by atoms with E-state index in [0.717, 1.165) is 25.3 Å². The SMILES string of the molecule is C=CCCOCCOc1ccc(CNCC(C)C)cc1. The number of hydrogen-bond donors (Lipinski definition) is 1. The Hall–Kier alpha value is -1.32.